The van der Waals surface area contributed by atoms with Gasteiger partial charge in [-0.05, 0) is 12.8 Å². The molecule has 0 unspecified atom stereocenters. The van der Waals surface area contributed by atoms with Crippen LogP contribution in [0, 0.1) is 0 Å². The summed E-state index contributed by atoms with van der Waals surface area (Å²) in [7, 11) is 0. The predicted octanol–water partition coefficient (Wildman–Crippen LogP) is 0.895. The molecule has 0 bridgehead atoms. The zero-order valence-corrected chi connectivity index (χ0v) is 7.47. The summed E-state index contributed by atoms with van der Waals surface area (Å²) in [6, 6.07) is 0.649. The normalized spacial score (nSPS) is 21.2. The summed E-state index contributed by atoms with van der Waals surface area (Å²) >= 11 is 0. The van der Waals surface area contributed by atoms with E-state index in [2.05, 4.69) is 15.8 Å². The zero-order valence-electron chi connectivity index (χ0n) is 7.47. The smallest absolute Gasteiger partial charge is 0.174 e. The van der Waals surface area contributed by atoms with Crippen molar-refractivity contribution in [2.75, 3.05) is 11.9 Å². The highest BCUT2D eigenvalue weighted by Crippen LogP contribution is 2.28. The average Bonchev–Trinajstić information content (AvgIpc) is 2.88. The van der Waals surface area contributed by atoms with E-state index < -0.39 is 0 Å². The summed E-state index contributed by atoms with van der Waals surface area (Å²) in [5.41, 5.74) is 1.23. The van der Waals surface area contributed by atoms with E-state index in [1.165, 1.54) is 18.4 Å². The predicted molar refractivity (Wildman–Crippen MR) is 48.6 cm³/mol. The number of nitrogens with one attached hydrogen (secondary N) is 2. The van der Waals surface area contributed by atoms with E-state index in [0.29, 0.717) is 6.04 Å². The SMILES string of the molecule is C1Cc2onc(NC3CC3)c2CN1. The van der Waals surface area contributed by atoms with Gasteiger partial charge in [-0.3, -0.25) is 0 Å². The maximum Gasteiger partial charge on any atom is 0.174 e. The first kappa shape index (κ1) is 7.38. The van der Waals surface area contributed by atoms with E-state index >= 15 is 0 Å². The Morgan fingerprint density at radius 3 is 3.23 bits per heavy atom. The molecule has 0 spiro atoms. The van der Waals surface area contributed by atoms with E-state index in [4.69, 9.17) is 4.52 Å². The number of rotatable bonds is 2. The number of hydrogen-bond acceptors (Lipinski definition) is 4. The summed E-state index contributed by atoms with van der Waals surface area (Å²) in [5.74, 6) is 2.02. The Bertz CT molecular complexity index is 317. The molecule has 70 valence electrons. The molecule has 1 aromatic rings. The fourth-order valence-corrected chi connectivity index (χ4v) is 1.67. The number of hydrogen-bond donors (Lipinski definition) is 2. The van der Waals surface area contributed by atoms with E-state index in [1.54, 1.807) is 0 Å². The van der Waals surface area contributed by atoms with Crippen molar-refractivity contribution in [3.05, 3.63) is 11.3 Å². The Kier molecular flexibility index (Phi) is 1.55. The van der Waals surface area contributed by atoms with E-state index in [0.717, 1.165) is 31.1 Å². The van der Waals surface area contributed by atoms with Crippen molar-refractivity contribution in [3.63, 3.8) is 0 Å². The van der Waals surface area contributed by atoms with Gasteiger partial charge in [0, 0.05) is 25.6 Å². The minimum atomic E-state index is 0.649. The number of aromatic nitrogens is 1. The van der Waals surface area contributed by atoms with E-state index in [9.17, 15) is 0 Å². The van der Waals surface area contributed by atoms with Crippen LogP contribution in [0.3, 0.4) is 0 Å². The molecule has 2 aliphatic rings. The Labute approximate surface area is 76.7 Å². The van der Waals surface area contributed by atoms with Crippen LogP contribution < -0.4 is 10.6 Å². The molecule has 0 amide bonds. The van der Waals surface area contributed by atoms with E-state index in [1.807, 2.05) is 0 Å². The Morgan fingerprint density at radius 1 is 1.46 bits per heavy atom. The van der Waals surface area contributed by atoms with Gasteiger partial charge in [-0.2, -0.15) is 0 Å². The van der Waals surface area contributed by atoms with Crippen molar-refractivity contribution in [2.45, 2.75) is 31.8 Å². The summed E-state index contributed by atoms with van der Waals surface area (Å²) in [6.45, 7) is 1.90. The molecule has 2 N–H and O–H groups in total. The van der Waals surface area contributed by atoms with Crippen LogP contribution in [0.15, 0.2) is 4.52 Å². The van der Waals surface area contributed by atoms with Crippen molar-refractivity contribution in [1.29, 1.82) is 0 Å². The van der Waals surface area contributed by atoms with Gasteiger partial charge in [0.25, 0.3) is 0 Å². The van der Waals surface area contributed by atoms with Crippen molar-refractivity contribution in [1.82, 2.24) is 10.5 Å². The Hall–Kier alpha value is -1.03. The average molecular weight is 179 g/mol. The second-order valence-electron chi connectivity index (χ2n) is 3.78. The third-order valence-electron chi connectivity index (χ3n) is 2.62. The third kappa shape index (κ3) is 1.31. The second-order valence-corrected chi connectivity index (χ2v) is 3.78. The first-order chi connectivity index (χ1) is 6.43. The number of fused-ring (bicyclic) bond motifs is 1. The molecular formula is C9H13N3O. The quantitative estimate of drug-likeness (QED) is 0.708. The largest absolute Gasteiger partial charge is 0.364 e. The van der Waals surface area contributed by atoms with Gasteiger partial charge >= 0.3 is 0 Å². The molecule has 1 saturated carbocycles. The molecule has 0 atom stereocenters. The van der Waals surface area contributed by atoms with Crippen LogP contribution in [0.1, 0.15) is 24.2 Å². The van der Waals surface area contributed by atoms with Gasteiger partial charge in [0.2, 0.25) is 0 Å². The van der Waals surface area contributed by atoms with Crippen molar-refractivity contribution < 1.29 is 4.52 Å². The van der Waals surface area contributed by atoms with Gasteiger partial charge < -0.3 is 15.2 Å². The molecule has 0 radical (unpaired) electrons. The van der Waals surface area contributed by atoms with Gasteiger partial charge in [0.05, 0.1) is 5.56 Å². The van der Waals surface area contributed by atoms with Crippen LogP contribution in [0.4, 0.5) is 5.82 Å². The standard InChI is InChI=1S/C9H13N3O/c1-2-6(1)11-9-7-5-10-4-3-8(7)13-12-9/h6,10H,1-5H2,(H,11,12). The Morgan fingerprint density at radius 2 is 2.38 bits per heavy atom. The first-order valence-corrected chi connectivity index (χ1v) is 4.88. The fraction of sp³-hybridized carbons (Fsp3) is 0.667. The summed E-state index contributed by atoms with van der Waals surface area (Å²) in [5, 5.41) is 10.8. The van der Waals surface area contributed by atoms with Gasteiger partial charge in [-0.1, -0.05) is 5.16 Å². The van der Waals surface area contributed by atoms with Crippen molar-refractivity contribution >= 4 is 5.82 Å². The minimum absolute atomic E-state index is 0.649. The molecule has 1 aliphatic carbocycles. The topological polar surface area (TPSA) is 50.1 Å². The van der Waals surface area contributed by atoms with Gasteiger partial charge in [0.15, 0.2) is 5.82 Å². The summed E-state index contributed by atoms with van der Waals surface area (Å²) in [4.78, 5) is 0. The lowest BCUT2D eigenvalue weighted by Gasteiger charge is -2.11. The molecule has 2 heterocycles. The lowest BCUT2D eigenvalue weighted by atomic mass is 10.1. The fourth-order valence-electron chi connectivity index (χ4n) is 1.67. The minimum Gasteiger partial charge on any atom is -0.364 e. The maximum absolute atomic E-state index is 5.26. The van der Waals surface area contributed by atoms with Crippen LogP contribution in [0.5, 0.6) is 0 Å². The third-order valence-corrected chi connectivity index (χ3v) is 2.62. The molecule has 4 heteroatoms. The molecule has 0 aromatic carbocycles. The molecule has 1 aromatic heterocycles. The van der Waals surface area contributed by atoms with E-state index in [-0.39, 0.29) is 0 Å². The molecule has 13 heavy (non-hydrogen) atoms. The van der Waals surface area contributed by atoms with Crippen LogP contribution in [0.25, 0.3) is 0 Å². The van der Waals surface area contributed by atoms with Gasteiger partial charge in [-0.25, -0.2) is 0 Å². The molecule has 1 fully saturated rings. The van der Waals surface area contributed by atoms with Crippen LogP contribution in [-0.2, 0) is 13.0 Å². The molecular weight excluding hydrogens is 166 g/mol. The maximum atomic E-state index is 5.26. The van der Waals surface area contributed by atoms with Crippen molar-refractivity contribution in [3.8, 4) is 0 Å². The van der Waals surface area contributed by atoms with Crippen LogP contribution in [0.2, 0.25) is 0 Å². The highest BCUT2D eigenvalue weighted by Gasteiger charge is 2.26. The van der Waals surface area contributed by atoms with Gasteiger partial charge in [0.1, 0.15) is 5.76 Å². The lowest BCUT2D eigenvalue weighted by molar-refractivity contribution is 0.374. The molecule has 4 nitrogen and oxygen atoms in total. The monoisotopic (exact) mass is 179 g/mol. The van der Waals surface area contributed by atoms with Crippen LogP contribution >= 0.6 is 0 Å². The molecule has 0 saturated heterocycles. The molecule has 1 aliphatic heterocycles. The lowest BCUT2D eigenvalue weighted by Crippen LogP contribution is -2.23. The second kappa shape index (κ2) is 2.73. The van der Waals surface area contributed by atoms with Crippen LogP contribution in [-0.4, -0.2) is 17.7 Å². The summed E-state index contributed by atoms with van der Waals surface area (Å²) < 4.78 is 5.26. The number of anilines is 1. The number of nitrogens with zero attached hydrogens (tertiary/aromatic N) is 1. The van der Waals surface area contributed by atoms with Crippen molar-refractivity contribution in [2.24, 2.45) is 0 Å². The Balaban J connectivity index is 1.86. The highest BCUT2D eigenvalue weighted by atomic mass is 16.5. The molecule has 3 rings (SSSR count). The zero-order chi connectivity index (χ0) is 8.67. The first-order valence-electron chi connectivity index (χ1n) is 4.88. The van der Waals surface area contributed by atoms with Gasteiger partial charge in [-0.15, -0.1) is 0 Å². The summed E-state index contributed by atoms with van der Waals surface area (Å²) in [6.07, 6.45) is 3.51. The highest BCUT2D eigenvalue weighted by molar-refractivity contribution is 5.47.